The molecule has 1 aromatic carbocycles. The molecule has 1 saturated heterocycles. The van der Waals surface area contributed by atoms with Gasteiger partial charge in [-0.25, -0.2) is 13.4 Å². The van der Waals surface area contributed by atoms with Crippen LogP contribution in [0.15, 0.2) is 29.3 Å². The van der Waals surface area contributed by atoms with Crippen LogP contribution < -0.4 is 14.5 Å². The summed E-state index contributed by atoms with van der Waals surface area (Å²) in [6, 6.07) is 4.64. The number of aromatic nitrogens is 2. The Balaban J connectivity index is 1.93. The summed E-state index contributed by atoms with van der Waals surface area (Å²) in [5.74, 6) is 1.14. The summed E-state index contributed by atoms with van der Waals surface area (Å²) >= 11 is 6.07. The fourth-order valence-electron chi connectivity index (χ4n) is 2.79. The molecule has 1 aliphatic rings. The van der Waals surface area contributed by atoms with E-state index < -0.39 is 10.0 Å². The molecule has 0 spiro atoms. The lowest BCUT2D eigenvalue weighted by molar-refractivity contribution is 0.601. The lowest BCUT2D eigenvalue weighted by Crippen LogP contribution is -2.24. The zero-order valence-corrected chi connectivity index (χ0v) is 16.6. The van der Waals surface area contributed by atoms with Crippen LogP contribution in [0.5, 0.6) is 0 Å². The van der Waals surface area contributed by atoms with E-state index in [-0.39, 0.29) is 4.90 Å². The van der Waals surface area contributed by atoms with Crippen LogP contribution in [0.1, 0.15) is 18.4 Å². The van der Waals surface area contributed by atoms with Crippen LogP contribution in [-0.4, -0.2) is 45.6 Å². The molecule has 0 unspecified atom stereocenters. The van der Waals surface area contributed by atoms with Crippen molar-refractivity contribution < 1.29 is 8.42 Å². The van der Waals surface area contributed by atoms with Crippen LogP contribution in [0.25, 0.3) is 0 Å². The third-order valence-electron chi connectivity index (χ3n) is 4.27. The van der Waals surface area contributed by atoms with Gasteiger partial charge in [0.25, 0.3) is 10.0 Å². The topological polar surface area (TPSA) is 78.4 Å². The van der Waals surface area contributed by atoms with Gasteiger partial charge in [-0.2, -0.15) is 4.98 Å². The van der Waals surface area contributed by atoms with Crippen LogP contribution in [-0.2, 0) is 10.0 Å². The molecule has 1 fully saturated rings. The van der Waals surface area contributed by atoms with Gasteiger partial charge in [0.1, 0.15) is 5.69 Å². The zero-order chi connectivity index (χ0) is 18.9. The molecule has 0 amide bonds. The minimum absolute atomic E-state index is 0.0985. The molecule has 0 bridgehead atoms. The summed E-state index contributed by atoms with van der Waals surface area (Å²) in [4.78, 5) is 12.9. The third-order valence-corrected chi connectivity index (χ3v) is 6.04. The van der Waals surface area contributed by atoms with Gasteiger partial charge in [-0.3, -0.25) is 4.72 Å². The molecule has 0 aliphatic carbocycles. The third kappa shape index (κ3) is 3.86. The van der Waals surface area contributed by atoms with Gasteiger partial charge in [-0.1, -0.05) is 17.7 Å². The Bertz CT molecular complexity index is 911. The van der Waals surface area contributed by atoms with E-state index in [1.807, 2.05) is 21.0 Å². The monoisotopic (exact) mass is 395 g/mol. The minimum Gasteiger partial charge on any atom is -0.361 e. The summed E-state index contributed by atoms with van der Waals surface area (Å²) in [5.41, 5.74) is 1.15. The fraction of sp³-hybridized carbons (Fsp3) is 0.412. The number of nitrogens with zero attached hydrogens (tertiary/aromatic N) is 4. The second-order valence-corrected chi connectivity index (χ2v) is 8.60. The molecule has 9 heteroatoms. The number of anilines is 3. The van der Waals surface area contributed by atoms with Crippen molar-refractivity contribution in [3.8, 4) is 0 Å². The van der Waals surface area contributed by atoms with E-state index in [0.29, 0.717) is 22.5 Å². The molecule has 2 aromatic rings. The van der Waals surface area contributed by atoms with Gasteiger partial charge in [0.05, 0.1) is 11.1 Å². The van der Waals surface area contributed by atoms with Crippen molar-refractivity contribution in [2.45, 2.75) is 24.7 Å². The first-order chi connectivity index (χ1) is 12.3. The highest BCUT2D eigenvalue weighted by Crippen LogP contribution is 2.28. The largest absolute Gasteiger partial charge is 0.361 e. The predicted octanol–water partition coefficient (Wildman–Crippen LogP) is 2.91. The maximum atomic E-state index is 12.7. The van der Waals surface area contributed by atoms with Gasteiger partial charge in [0, 0.05) is 32.2 Å². The number of sulfonamides is 1. The quantitative estimate of drug-likeness (QED) is 0.838. The normalized spacial score (nSPS) is 14.5. The van der Waals surface area contributed by atoms with Gasteiger partial charge >= 0.3 is 0 Å². The predicted molar refractivity (Wildman–Crippen MR) is 105 cm³/mol. The van der Waals surface area contributed by atoms with Crippen LogP contribution in [0, 0.1) is 6.92 Å². The Morgan fingerprint density at radius 1 is 1.23 bits per heavy atom. The number of hydrogen-bond donors (Lipinski definition) is 1. The fourth-order valence-corrected chi connectivity index (χ4v) is 4.11. The highest BCUT2D eigenvalue weighted by atomic mass is 35.5. The molecule has 1 aliphatic heterocycles. The zero-order valence-electron chi connectivity index (χ0n) is 15.0. The SMILES string of the molecule is Cc1ccc(S(=O)(=O)Nc2cnc(N3CCCC3)nc2N(C)C)cc1Cl. The average Bonchev–Trinajstić information content (AvgIpc) is 3.11. The van der Waals surface area contributed by atoms with Crippen molar-refractivity contribution in [3.05, 3.63) is 35.0 Å². The van der Waals surface area contributed by atoms with Crippen molar-refractivity contribution in [3.63, 3.8) is 0 Å². The number of aryl methyl sites for hydroxylation is 1. The molecule has 0 radical (unpaired) electrons. The lowest BCUT2D eigenvalue weighted by Gasteiger charge is -2.21. The first-order valence-electron chi connectivity index (χ1n) is 8.36. The lowest BCUT2D eigenvalue weighted by atomic mass is 10.2. The van der Waals surface area contributed by atoms with Crippen LogP contribution in [0.3, 0.4) is 0 Å². The smallest absolute Gasteiger partial charge is 0.262 e. The van der Waals surface area contributed by atoms with Gasteiger partial charge in [-0.15, -0.1) is 0 Å². The summed E-state index contributed by atoms with van der Waals surface area (Å²) in [7, 11) is -0.163. The molecule has 140 valence electrons. The second kappa shape index (κ2) is 7.28. The summed E-state index contributed by atoms with van der Waals surface area (Å²) in [5, 5.41) is 0.404. The van der Waals surface area contributed by atoms with Gasteiger partial charge < -0.3 is 9.80 Å². The number of benzene rings is 1. The maximum absolute atomic E-state index is 12.7. The maximum Gasteiger partial charge on any atom is 0.262 e. The Labute approximate surface area is 159 Å². The Hall–Kier alpha value is -2.06. The molecule has 2 heterocycles. The molecular weight excluding hydrogens is 374 g/mol. The van der Waals surface area contributed by atoms with E-state index in [4.69, 9.17) is 11.6 Å². The molecule has 0 atom stereocenters. The van der Waals surface area contributed by atoms with E-state index in [2.05, 4.69) is 19.6 Å². The van der Waals surface area contributed by atoms with Crippen LogP contribution in [0.4, 0.5) is 17.5 Å². The Morgan fingerprint density at radius 3 is 2.54 bits per heavy atom. The summed E-state index contributed by atoms with van der Waals surface area (Å²) < 4.78 is 28.0. The van der Waals surface area contributed by atoms with Gasteiger partial charge in [0.2, 0.25) is 5.95 Å². The average molecular weight is 396 g/mol. The standard InChI is InChI=1S/C17H22ClN5O2S/c1-12-6-7-13(10-14(12)18)26(24,25)21-15-11-19-17(20-16(15)22(2)3)23-8-4-5-9-23/h6-7,10-11,21H,4-5,8-9H2,1-3H3. The van der Waals surface area contributed by atoms with Crippen LogP contribution >= 0.6 is 11.6 Å². The number of halogens is 1. The van der Waals surface area contributed by atoms with Gasteiger partial charge in [0.15, 0.2) is 5.82 Å². The van der Waals surface area contributed by atoms with Crippen molar-refractivity contribution in [2.75, 3.05) is 41.7 Å². The van der Waals surface area contributed by atoms with Crippen molar-refractivity contribution >= 4 is 39.1 Å². The van der Waals surface area contributed by atoms with Crippen molar-refractivity contribution in [1.29, 1.82) is 0 Å². The molecule has 1 N–H and O–H groups in total. The molecule has 1 aromatic heterocycles. The molecule has 26 heavy (non-hydrogen) atoms. The van der Waals surface area contributed by atoms with E-state index in [0.717, 1.165) is 31.5 Å². The summed E-state index contributed by atoms with van der Waals surface area (Å²) in [6.07, 6.45) is 3.75. The number of nitrogens with one attached hydrogen (secondary N) is 1. The minimum atomic E-state index is -3.80. The van der Waals surface area contributed by atoms with E-state index in [1.165, 1.54) is 18.3 Å². The first kappa shape index (κ1) is 18.7. The summed E-state index contributed by atoms with van der Waals surface area (Å²) in [6.45, 7) is 3.65. The van der Waals surface area contributed by atoms with Crippen molar-refractivity contribution in [1.82, 2.24) is 9.97 Å². The highest BCUT2D eigenvalue weighted by molar-refractivity contribution is 7.92. The van der Waals surface area contributed by atoms with Crippen LogP contribution in [0.2, 0.25) is 5.02 Å². The Morgan fingerprint density at radius 2 is 1.92 bits per heavy atom. The molecule has 7 nitrogen and oxygen atoms in total. The van der Waals surface area contributed by atoms with Crippen molar-refractivity contribution in [2.24, 2.45) is 0 Å². The molecular formula is C17H22ClN5O2S. The van der Waals surface area contributed by atoms with Gasteiger partial charge in [-0.05, 0) is 37.5 Å². The molecule has 0 saturated carbocycles. The van der Waals surface area contributed by atoms with E-state index >= 15 is 0 Å². The van der Waals surface area contributed by atoms with E-state index in [9.17, 15) is 8.42 Å². The van der Waals surface area contributed by atoms with E-state index in [1.54, 1.807) is 11.0 Å². The highest BCUT2D eigenvalue weighted by Gasteiger charge is 2.21. The first-order valence-corrected chi connectivity index (χ1v) is 10.2. The number of hydrogen-bond acceptors (Lipinski definition) is 6. The number of rotatable bonds is 5. The second-order valence-electron chi connectivity index (χ2n) is 6.51. The molecule has 3 rings (SSSR count). The Kier molecular flexibility index (Phi) is 5.24.